The lowest BCUT2D eigenvalue weighted by atomic mass is 10.2. The Kier molecular flexibility index (Phi) is 5.38. The van der Waals surface area contributed by atoms with Gasteiger partial charge < -0.3 is 10.6 Å². The molecule has 26 heavy (non-hydrogen) atoms. The molecule has 1 aromatic heterocycles. The van der Waals surface area contributed by atoms with Gasteiger partial charge in [-0.3, -0.25) is 4.79 Å². The third-order valence-electron chi connectivity index (χ3n) is 3.47. The Labute approximate surface area is 153 Å². The molecule has 0 fully saturated rings. The van der Waals surface area contributed by atoms with E-state index in [1.165, 1.54) is 18.5 Å². The van der Waals surface area contributed by atoms with Crippen LogP contribution in [0.3, 0.4) is 0 Å². The minimum absolute atomic E-state index is 0.0820. The molecule has 2 N–H and O–H groups in total. The lowest BCUT2D eigenvalue weighted by Gasteiger charge is -2.08. The number of carbonyl (C=O) groups is 1. The molecule has 0 unspecified atom stereocenters. The quantitative estimate of drug-likeness (QED) is 0.706. The summed E-state index contributed by atoms with van der Waals surface area (Å²) < 4.78 is 27.2. The zero-order chi connectivity index (χ0) is 18.5. The van der Waals surface area contributed by atoms with E-state index < -0.39 is 17.5 Å². The maximum Gasteiger partial charge on any atom is 0.271 e. The molecule has 2 aromatic carbocycles. The molecular formula is C18H13ClF2N4O. The normalized spacial score (nSPS) is 10.4. The monoisotopic (exact) mass is 374 g/mol. The number of nitrogens with one attached hydrogen (secondary N) is 2. The van der Waals surface area contributed by atoms with Crippen LogP contribution in [0.15, 0.2) is 54.9 Å². The van der Waals surface area contributed by atoms with Gasteiger partial charge in [0.1, 0.15) is 28.8 Å². The van der Waals surface area contributed by atoms with E-state index in [0.717, 1.165) is 17.7 Å². The Bertz CT molecular complexity index is 897. The van der Waals surface area contributed by atoms with E-state index in [1.807, 2.05) is 0 Å². The number of hydrogen-bond acceptors (Lipinski definition) is 4. The Morgan fingerprint density at radius 1 is 1.00 bits per heavy atom. The van der Waals surface area contributed by atoms with Gasteiger partial charge in [-0.15, -0.1) is 0 Å². The van der Waals surface area contributed by atoms with Gasteiger partial charge in [0, 0.05) is 11.6 Å². The van der Waals surface area contributed by atoms with Crippen molar-refractivity contribution in [2.45, 2.75) is 6.54 Å². The lowest BCUT2D eigenvalue weighted by Crippen LogP contribution is -2.24. The van der Waals surface area contributed by atoms with Crippen molar-refractivity contribution in [3.63, 3.8) is 0 Å². The smallest absolute Gasteiger partial charge is 0.271 e. The minimum atomic E-state index is -0.753. The molecule has 0 radical (unpaired) electrons. The summed E-state index contributed by atoms with van der Waals surface area (Å²) in [5.41, 5.74) is 0.629. The highest BCUT2D eigenvalue weighted by Gasteiger charge is 2.11. The summed E-state index contributed by atoms with van der Waals surface area (Å²) in [5.74, 6) is -1.81. The van der Waals surface area contributed by atoms with Crippen molar-refractivity contribution in [3.05, 3.63) is 82.8 Å². The van der Waals surface area contributed by atoms with Gasteiger partial charge in [-0.2, -0.15) is 0 Å². The number of anilines is 2. The highest BCUT2D eigenvalue weighted by molar-refractivity contribution is 6.30. The van der Waals surface area contributed by atoms with E-state index >= 15 is 0 Å². The predicted molar refractivity (Wildman–Crippen MR) is 94.3 cm³/mol. The number of amides is 1. The summed E-state index contributed by atoms with van der Waals surface area (Å²) in [6.07, 6.45) is 2.45. The second kappa shape index (κ2) is 7.88. The second-order valence-corrected chi connectivity index (χ2v) is 5.75. The van der Waals surface area contributed by atoms with Crippen LogP contribution in [0.4, 0.5) is 20.3 Å². The Balaban J connectivity index is 1.63. The number of hydrogen-bond donors (Lipinski definition) is 2. The van der Waals surface area contributed by atoms with Crippen molar-refractivity contribution >= 4 is 29.0 Å². The maximum atomic E-state index is 13.6. The SMILES string of the molecule is O=C(NCc1ccc(Cl)cc1)c1cnc(Nc2c(F)cccc2F)cn1. The zero-order valence-electron chi connectivity index (χ0n) is 13.3. The molecule has 0 spiro atoms. The largest absolute Gasteiger partial charge is 0.347 e. The van der Waals surface area contributed by atoms with Gasteiger partial charge >= 0.3 is 0 Å². The average Bonchev–Trinajstić information content (AvgIpc) is 2.65. The highest BCUT2D eigenvalue weighted by atomic mass is 35.5. The number of carbonyl (C=O) groups excluding carboxylic acids is 1. The van der Waals surface area contributed by atoms with Crippen molar-refractivity contribution in [2.24, 2.45) is 0 Å². The van der Waals surface area contributed by atoms with Crippen LogP contribution in [-0.2, 0) is 6.54 Å². The summed E-state index contributed by atoms with van der Waals surface area (Å²) in [7, 11) is 0. The second-order valence-electron chi connectivity index (χ2n) is 5.32. The Morgan fingerprint density at radius 3 is 2.31 bits per heavy atom. The summed E-state index contributed by atoms with van der Waals surface area (Å²) in [5, 5.41) is 5.81. The van der Waals surface area contributed by atoms with Crippen LogP contribution >= 0.6 is 11.6 Å². The van der Waals surface area contributed by atoms with Gasteiger partial charge in [-0.05, 0) is 29.8 Å². The predicted octanol–water partition coefficient (Wildman–Crippen LogP) is 4.08. The summed E-state index contributed by atoms with van der Waals surface area (Å²) in [6.45, 7) is 0.304. The van der Waals surface area contributed by atoms with Crippen molar-refractivity contribution in [2.75, 3.05) is 5.32 Å². The summed E-state index contributed by atoms with van der Waals surface area (Å²) >= 11 is 5.80. The first-order valence-corrected chi connectivity index (χ1v) is 7.96. The van der Waals surface area contributed by atoms with E-state index in [0.29, 0.717) is 11.6 Å². The zero-order valence-corrected chi connectivity index (χ0v) is 14.1. The molecule has 5 nitrogen and oxygen atoms in total. The molecule has 1 heterocycles. The molecule has 1 amide bonds. The van der Waals surface area contributed by atoms with Crippen LogP contribution in [0, 0.1) is 11.6 Å². The third kappa shape index (κ3) is 4.31. The molecule has 132 valence electrons. The first kappa shape index (κ1) is 17.8. The fourth-order valence-electron chi connectivity index (χ4n) is 2.13. The van der Waals surface area contributed by atoms with E-state index in [9.17, 15) is 13.6 Å². The van der Waals surface area contributed by atoms with Gasteiger partial charge in [0.2, 0.25) is 0 Å². The van der Waals surface area contributed by atoms with Crippen LogP contribution in [0.5, 0.6) is 0 Å². The van der Waals surface area contributed by atoms with E-state index in [4.69, 9.17) is 11.6 Å². The van der Waals surface area contributed by atoms with Crippen molar-refractivity contribution in [1.82, 2.24) is 15.3 Å². The molecule has 0 aliphatic carbocycles. The highest BCUT2D eigenvalue weighted by Crippen LogP contribution is 2.21. The van der Waals surface area contributed by atoms with Crippen LogP contribution in [-0.4, -0.2) is 15.9 Å². The molecule has 0 aliphatic rings. The van der Waals surface area contributed by atoms with Gasteiger partial charge in [-0.1, -0.05) is 29.8 Å². The molecule has 8 heteroatoms. The fraction of sp³-hybridized carbons (Fsp3) is 0.0556. The molecule has 3 aromatic rings. The van der Waals surface area contributed by atoms with Crippen LogP contribution in [0.25, 0.3) is 0 Å². The van der Waals surface area contributed by atoms with Crippen LogP contribution in [0.2, 0.25) is 5.02 Å². The number of nitrogens with zero attached hydrogens (tertiary/aromatic N) is 2. The number of halogens is 3. The van der Waals surface area contributed by atoms with Crippen molar-refractivity contribution in [1.29, 1.82) is 0 Å². The van der Waals surface area contributed by atoms with Crippen LogP contribution in [0.1, 0.15) is 16.1 Å². The number of aromatic nitrogens is 2. The number of para-hydroxylation sites is 1. The molecule has 3 rings (SSSR count). The Hall–Kier alpha value is -3.06. The van der Waals surface area contributed by atoms with Gasteiger partial charge in [-0.25, -0.2) is 18.7 Å². The fourth-order valence-corrected chi connectivity index (χ4v) is 2.26. The first-order chi connectivity index (χ1) is 12.5. The first-order valence-electron chi connectivity index (χ1n) is 7.58. The lowest BCUT2D eigenvalue weighted by molar-refractivity contribution is 0.0945. The average molecular weight is 375 g/mol. The molecule has 0 aliphatic heterocycles. The Morgan fingerprint density at radius 2 is 1.69 bits per heavy atom. The van der Waals surface area contributed by atoms with Crippen molar-refractivity contribution in [3.8, 4) is 0 Å². The number of rotatable bonds is 5. The molecular weight excluding hydrogens is 362 g/mol. The topological polar surface area (TPSA) is 66.9 Å². The molecule has 0 bridgehead atoms. The molecule has 0 atom stereocenters. The third-order valence-corrected chi connectivity index (χ3v) is 3.72. The van der Waals surface area contributed by atoms with E-state index in [-0.39, 0.29) is 17.2 Å². The maximum absolute atomic E-state index is 13.6. The van der Waals surface area contributed by atoms with Crippen molar-refractivity contribution < 1.29 is 13.6 Å². The summed E-state index contributed by atoms with van der Waals surface area (Å²) in [6, 6.07) is 10.6. The van der Waals surface area contributed by atoms with Crippen LogP contribution < -0.4 is 10.6 Å². The molecule has 0 saturated heterocycles. The minimum Gasteiger partial charge on any atom is -0.347 e. The standard InChI is InChI=1S/C18H13ClF2N4O/c19-12-6-4-11(5-7-12)8-24-18(26)15-9-23-16(10-22-15)25-17-13(20)2-1-3-14(17)21/h1-7,9-10H,8H2,(H,23,25)(H,24,26). The van der Waals surface area contributed by atoms with Gasteiger partial charge in [0.15, 0.2) is 0 Å². The van der Waals surface area contributed by atoms with E-state index in [2.05, 4.69) is 20.6 Å². The van der Waals surface area contributed by atoms with Gasteiger partial charge in [0.05, 0.1) is 12.4 Å². The van der Waals surface area contributed by atoms with E-state index in [1.54, 1.807) is 24.3 Å². The number of benzene rings is 2. The van der Waals surface area contributed by atoms with Gasteiger partial charge in [0.25, 0.3) is 5.91 Å². The molecule has 0 saturated carbocycles. The summed E-state index contributed by atoms with van der Waals surface area (Å²) in [4.78, 5) is 20.0.